The molecule has 7 nitrogen and oxygen atoms in total. The summed E-state index contributed by atoms with van der Waals surface area (Å²) in [6.45, 7) is 6.39. The molecule has 30 heavy (non-hydrogen) atoms. The summed E-state index contributed by atoms with van der Waals surface area (Å²) >= 11 is 1.26. The van der Waals surface area contributed by atoms with Crippen LogP contribution in [0, 0.1) is 0 Å². The van der Waals surface area contributed by atoms with Crippen molar-refractivity contribution in [3.63, 3.8) is 0 Å². The monoisotopic (exact) mass is 421 g/mol. The molecule has 0 unspecified atom stereocenters. The van der Waals surface area contributed by atoms with Crippen molar-refractivity contribution in [1.82, 2.24) is 19.3 Å². The number of fused-ring (bicyclic) bond motifs is 2. The van der Waals surface area contributed by atoms with Crippen LogP contribution < -0.4 is 10.9 Å². The highest BCUT2D eigenvalue weighted by Crippen LogP contribution is 2.23. The number of nitrogens with one attached hydrogen (secondary N) is 1. The Hall–Kier alpha value is -3.13. The fourth-order valence-corrected chi connectivity index (χ4v) is 4.27. The zero-order chi connectivity index (χ0) is 21.3. The first-order valence-electron chi connectivity index (χ1n) is 9.87. The number of rotatable bonds is 6. The summed E-state index contributed by atoms with van der Waals surface area (Å²) in [4.78, 5) is 30.2. The summed E-state index contributed by atoms with van der Waals surface area (Å²) < 4.78 is 3.37. The van der Waals surface area contributed by atoms with Gasteiger partial charge in [-0.25, -0.2) is 9.67 Å². The van der Waals surface area contributed by atoms with E-state index in [0.717, 1.165) is 10.8 Å². The molecule has 0 aliphatic heterocycles. The molecule has 0 bridgehead atoms. The molecule has 0 saturated carbocycles. The number of hydrogen-bond donors (Lipinski definition) is 1. The van der Waals surface area contributed by atoms with E-state index >= 15 is 0 Å². The molecular weight excluding hydrogens is 398 g/mol. The van der Waals surface area contributed by atoms with Crippen LogP contribution in [0.2, 0.25) is 0 Å². The van der Waals surface area contributed by atoms with E-state index in [1.165, 1.54) is 11.8 Å². The number of nitrogens with zero attached hydrogens (tertiary/aromatic N) is 4. The van der Waals surface area contributed by atoms with E-state index in [1.54, 1.807) is 21.5 Å². The number of carbonyl (C=O) groups excluding carboxylic acids is 1. The van der Waals surface area contributed by atoms with Gasteiger partial charge in [-0.3, -0.25) is 14.2 Å². The van der Waals surface area contributed by atoms with E-state index < -0.39 is 0 Å². The number of carbonyl (C=O) groups is 1. The van der Waals surface area contributed by atoms with Crippen molar-refractivity contribution in [3.05, 3.63) is 59.0 Å². The van der Waals surface area contributed by atoms with Crippen LogP contribution in [-0.4, -0.2) is 31.0 Å². The average molecular weight is 422 g/mol. The van der Waals surface area contributed by atoms with Crippen LogP contribution in [0.4, 0.5) is 5.82 Å². The van der Waals surface area contributed by atoms with E-state index in [2.05, 4.69) is 10.4 Å². The first kappa shape index (κ1) is 20.2. The lowest BCUT2D eigenvalue weighted by Crippen LogP contribution is -2.24. The Bertz CT molecular complexity index is 1290. The van der Waals surface area contributed by atoms with Gasteiger partial charge in [0.15, 0.2) is 5.16 Å². The summed E-state index contributed by atoms with van der Waals surface area (Å²) in [6.07, 6.45) is 1.66. The molecule has 0 saturated heterocycles. The van der Waals surface area contributed by atoms with Crippen molar-refractivity contribution < 1.29 is 4.79 Å². The molecule has 2 heterocycles. The quantitative estimate of drug-likeness (QED) is 0.288. The van der Waals surface area contributed by atoms with Gasteiger partial charge in [0.25, 0.3) is 5.56 Å². The average Bonchev–Trinajstić information content (AvgIpc) is 3.19. The van der Waals surface area contributed by atoms with Crippen LogP contribution in [0.25, 0.3) is 21.7 Å². The number of benzene rings is 2. The largest absolute Gasteiger partial charge is 0.310 e. The smallest absolute Gasteiger partial charge is 0.262 e. The minimum absolute atomic E-state index is 0.0888. The maximum atomic E-state index is 13.0. The predicted octanol–water partition coefficient (Wildman–Crippen LogP) is 4.08. The number of aromatic nitrogens is 4. The zero-order valence-electron chi connectivity index (χ0n) is 17.1. The molecule has 0 spiro atoms. The summed E-state index contributed by atoms with van der Waals surface area (Å²) in [6, 6.07) is 13.6. The molecule has 4 aromatic rings. The second-order valence-electron chi connectivity index (χ2n) is 7.25. The van der Waals surface area contributed by atoms with Gasteiger partial charge in [0.2, 0.25) is 5.91 Å². The fraction of sp³-hybridized carbons (Fsp3) is 0.273. The Morgan fingerprint density at radius 3 is 2.60 bits per heavy atom. The lowest BCUT2D eigenvalue weighted by Gasteiger charge is -2.13. The van der Waals surface area contributed by atoms with Gasteiger partial charge in [0, 0.05) is 18.7 Å². The predicted molar refractivity (Wildman–Crippen MR) is 121 cm³/mol. The normalized spacial score (nSPS) is 11.5. The lowest BCUT2D eigenvalue weighted by molar-refractivity contribution is -0.113. The van der Waals surface area contributed by atoms with Crippen molar-refractivity contribution in [3.8, 4) is 0 Å². The van der Waals surface area contributed by atoms with Crippen molar-refractivity contribution >= 4 is 45.2 Å². The Morgan fingerprint density at radius 2 is 1.90 bits per heavy atom. The number of thioether (sulfide) groups is 1. The SMILES string of the molecule is CCn1c(SCC(=O)Nc2ccnn2C(C)C)nc2cc3ccccc3cc2c1=O. The molecule has 8 heteroatoms. The van der Waals surface area contributed by atoms with Crippen molar-refractivity contribution in [2.75, 3.05) is 11.1 Å². The molecular formula is C22H23N5O2S. The van der Waals surface area contributed by atoms with E-state index in [-0.39, 0.29) is 23.3 Å². The Morgan fingerprint density at radius 1 is 1.17 bits per heavy atom. The topological polar surface area (TPSA) is 81.8 Å². The van der Waals surface area contributed by atoms with Gasteiger partial charge in [-0.05, 0) is 43.7 Å². The maximum Gasteiger partial charge on any atom is 0.262 e. The molecule has 0 radical (unpaired) electrons. The summed E-state index contributed by atoms with van der Waals surface area (Å²) in [5.41, 5.74) is 0.554. The number of anilines is 1. The first-order valence-corrected chi connectivity index (χ1v) is 10.9. The molecule has 2 aromatic carbocycles. The van der Waals surface area contributed by atoms with Crippen LogP contribution in [0.3, 0.4) is 0 Å². The van der Waals surface area contributed by atoms with Gasteiger partial charge in [0.1, 0.15) is 5.82 Å². The van der Waals surface area contributed by atoms with Gasteiger partial charge in [0.05, 0.1) is 22.9 Å². The second-order valence-corrected chi connectivity index (χ2v) is 8.19. The van der Waals surface area contributed by atoms with Crippen LogP contribution in [0.1, 0.15) is 26.8 Å². The van der Waals surface area contributed by atoms with Crippen molar-refractivity contribution in [2.45, 2.75) is 38.5 Å². The highest BCUT2D eigenvalue weighted by molar-refractivity contribution is 7.99. The van der Waals surface area contributed by atoms with Crippen molar-refractivity contribution in [1.29, 1.82) is 0 Å². The summed E-state index contributed by atoms with van der Waals surface area (Å²) in [7, 11) is 0. The van der Waals surface area contributed by atoms with E-state index in [1.807, 2.05) is 57.2 Å². The van der Waals surface area contributed by atoms with E-state index in [9.17, 15) is 9.59 Å². The zero-order valence-corrected chi connectivity index (χ0v) is 17.9. The first-order chi connectivity index (χ1) is 14.5. The van der Waals surface area contributed by atoms with Crippen molar-refractivity contribution in [2.24, 2.45) is 0 Å². The van der Waals surface area contributed by atoms with Crippen LogP contribution in [0.5, 0.6) is 0 Å². The van der Waals surface area contributed by atoms with Gasteiger partial charge in [-0.15, -0.1) is 0 Å². The number of amides is 1. The van der Waals surface area contributed by atoms with Gasteiger partial charge < -0.3 is 5.32 Å². The van der Waals surface area contributed by atoms with Crippen LogP contribution >= 0.6 is 11.8 Å². The Balaban J connectivity index is 1.61. The molecule has 154 valence electrons. The van der Waals surface area contributed by atoms with Gasteiger partial charge >= 0.3 is 0 Å². The third-order valence-electron chi connectivity index (χ3n) is 4.86. The Kier molecular flexibility index (Phi) is 5.59. The maximum absolute atomic E-state index is 13.0. The Labute approximate surface area is 178 Å². The highest BCUT2D eigenvalue weighted by Gasteiger charge is 2.15. The van der Waals surface area contributed by atoms with Crippen LogP contribution in [0.15, 0.2) is 58.6 Å². The molecule has 4 rings (SSSR count). The highest BCUT2D eigenvalue weighted by atomic mass is 32.2. The summed E-state index contributed by atoms with van der Waals surface area (Å²) in [5, 5.41) is 10.3. The molecule has 0 aliphatic carbocycles. The molecule has 0 aliphatic rings. The van der Waals surface area contributed by atoms with Gasteiger partial charge in [-0.1, -0.05) is 36.0 Å². The third-order valence-corrected chi connectivity index (χ3v) is 5.84. The minimum Gasteiger partial charge on any atom is -0.310 e. The van der Waals surface area contributed by atoms with Crippen LogP contribution in [-0.2, 0) is 11.3 Å². The lowest BCUT2D eigenvalue weighted by atomic mass is 10.1. The molecule has 1 N–H and O–H groups in total. The standard InChI is InChI=1S/C22H23N5O2S/c1-4-26-21(29)17-11-15-7-5-6-8-16(15)12-18(17)24-22(26)30-13-20(28)25-19-9-10-23-27(19)14(2)3/h5-12,14H,4,13H2,1-3H3,(H,25,28). The molecule has 1 amide bonds. The van der Waals surface area contributed by atoms with Gasteiger partial charge in [-0.2, -0.15) is 5.10 Å². The molecule has 0 fully saturated rings. The minimum atomic E-state index is -0.169. The third kappa shape index (κ3) is 3.82. The molecule has 2 aromatic heterocycles. The van der Waals surface area contributed by atoms with E-state index in [4.69, 9.17) is 4.98 Å². The fourth-order valence-electron chi connectivity index (χ4n) is 3.41. The number of hydrogen-bond acceptors (Lipinski definition) is 5. The molecule has 0 atom stereocenters. The second kappa shape index (κ2) is 8.31. The summed E-state index contributed by atoms with van der Waals surface area (Å²) in [5.74, 6) is 0.633. The van der Waals surface area contributed by atoms with E-state index in [0.29, 0.717) is 28.4 Å².